The minimum atomic E-state index is -0.523. The molecule has 0 atom stereocenters. The molecule has 0 bridgehead atoms. The first-order valence-electron chi connectivity index (χ1n) is 8.87. The van der Waals surface area contributed by atoms with Gasteiger partial charge in [-0.05, 0) is 25.0 Å². The van der Waals surface area contributed by atoms with Crippen molar-refractivity contribution in [1.29, 1.82) is 0 Å². The maximum atomic E-state index is 14.8. The number of aromatic amines is 1. The van der Waals surface area contributed by atoms with Crippen LogP contribution < -0.4 is 21.2 Å². The summed E-state index contributed by atoms with van der Waals surface area (Å²) in [6.45, 7) is 2.86. The molecule has 2 N–H and O–H groups in total. The topological polar surface area (TPSA) is 83.0 Å². The minimum absolute atomic E-state index is 0.0722. The Hall–Kier alpha value is -2.74. The molecule has 8 heteroatoms. The van der Waals surface area contributed by atoms with Gasteiger partial charge in [0, 0.05) is 38.4 Å². The molecule has 1 aliphatic carbocycles. The lowest BCUT2D eigenvalue weighted by atomic mass is 10.1. The van der Waals surface area contributed by atoms with E-state index in [0.29, 0.717) is 24.3 Å². The Morgan fingerprint density at radius 2 is 1.96 bits per heavy atom. The molecular weight excluding hydrogens is 337 g/mol. The molecule has 2 aliphatic rings. The van der Waals surface area contributed by atoms with E-state index in [-0.39, 0.29) is 22.6 Å². The molecule has 4 heterocycles. The van der Waals surface area contributed by atoms with Gasteiger partial charge in [-0.3, -0.25) is 9.59 Å². The van der Waals surface area contributed by atoms with Gasteiger partial charge in [-0.25, -0.2) is 9.37 Å². The standard InChI is InChI=1S/C18H18FN5O2/c19-12-9-11-15(25)14-13(3-4-21-18(14)26)24(10-1-2-10)16(11)22-17(12)23-7-5-20-6-8-23/h3-4,9-10,20H,1-2,5-8H2,(H,21,26). The molecule has 0 amide bonds. The molecule has 134 valence electrons. The Morgan fingerprint density at radius 3 is 2.69 bits per heavy atom. The fourth-order valence-corrected chi connectivity index (χ4v) is 3.76. The molecule has 7 nitrogen and oxygen atoms in total. The normalized spacial score (nSPS) is 18.0. The van der Waals surface area contributed by atoms with E-state index in [1.807, 2.05) is 9.47 Å². The van der Waals surface area contributed by atoms with Crippen molar-refractivity contribution in [3.05, 3.63) is 44.7 Å². The summed E-state index contributed by atoms with van der Waals surface area (Å²) < 4.78 is 16.7. The highest BCUT2D eigenvalue weighted by Gasteiger charge is 2.29. The fraction of sp³-hybridized carbons (Fsp3) is 0.389. The Kier molecular flexibility index (Phi) is 3.36. The summed E-state index contributed by atoms with van der Waals surface area (Å²) in [6.07, 6.45) is 3.46. The van der Waals surface area contributed by atoms with Crippen LogP contribution in [0.5, 0.6) is 0 Å². The van der Waals surface area contributed by atoms with Gasteiger partial charge in [0.25, 0.3) is 5.56 Å². The average Bonchev–Trinajstić information content (AvgIpc) is 3.48. The molecule has 26 heavy (non-hydrogen) atoms. The van der Waals surface area contributed by atoms with Crippen LogP contribution >= 0.6 is 0 Å². The van der Waals surface area contributed by atoms with Crippen LogP contribution in [-0.2, 0) is 0 Å². The monoisotopic (exact) mass is 355 g/mol. The number of anilines is 1. The molecule has 3 aromatic heterocycles. The third-order valence-corrected chi connectivity index (χ3v) is 5.16. The third-order valence-electron chi connectivity index (χ3n) is 5.16. The Morgan fingerprint density at radius 1 is 1.19 bits per heavy atom. The van der Waals surface area contributed by atoms with E-state index in [2.05, 4.69) is 15.3 Å². The van der Waals surface area contributed by atoms with Gasteiger partial charge in [-0.15, -0.1) is 0 Å². The number of piperazine rings is 1. The van der Waals surface area contributed by atoms with Crippen molar-refractivity contribution in [1.82, 2.24) is 19.9 Å². The van der Waals surface area contributed by atoms with E-state index in [9.17, 15) is 14.0 Å². The van der Waals surface area contributed by atoms with Gasteiger partial charge < -0.3 is 19.8 Å². The molecule has 0 unspecified atom stereocenters. The van der Waals surface area contributed by atoms with Crippen LogP contribution in [0.2, 0.25) is 0 Å². The van der Waals surface area contributed by atoms with Crippen LogP contribution in [0.25, 0.3) is 21.9 Å². The number of H-pyrrole nitrogens is 1. The summed E-state index contributed by atoms with van der Waals surface area (Å²) in [4.78, 5) is 34.1. The fourth-order valence-electron chi connectivity index (χ4n) is 3.76. The molecule has 5 rings (SSSR count). The highest BCUT2D eigenvalue weighted by molar-refractivity contribution is 5.92. The lowest BCUT2D eigenvalue weighted by molar-refractivity contribution is 0.559. The van der Waals surface area contributed by atoms with Crippen molar-refractivity contribution in [2.45, 2.75) is 18.9 Å². The lowest BCUT2D eigenvalue weighted by Crippen LogP contribution is -2.44. The molecule has 2 fully saturated rings. The zero-order valence-corrected chi connectivity index (χ0v) is 14.1. The summed E-state index contributed by atoms with van der Waals surface area (Å²) >= 11 is 0. The van der Waals surface area contributed by atoms with Crippen molar-refractivity contribution in [2.24, 2.45) is 0 Å². The number of hydrogen-bond acceptors (Lipinski definition) is 5. The van der Waals surface area contributed by atoms with Gasteiger partial charge in [-0.2, -0.15) is 0 Å². The maximum Gasteiger partial charge on any atom is 0.261 e. The molecule has 1 aliphatic heterocycles. The van der Waals surface area contributed by atoms with Gasteiger partial charge in [0.05, 0.1) is 10.9 Å². The predicted molar refractivity (Wildman–Crippen MR) is 97.4 cm³/mol. The summed E-state index contributed by atoms with van der Waals surface area (Å²) in [5.41, 5.74) is 0.118. The van der Waals surface area contributed by atoms with Crippen molar-refractivity contribution in [2.75, 3.05) is 31.1 Å². The SMILES string of the molecule is O=c1[nH]ccc2c1c(=O)c1cc(F)c(N3CCNCC3)nc1n2C1CC1. The van der Waals surface area contributed by atoms with Crippen molar-refractivity contribution < 1.29 is 4.39 Å². The molecule has 0 aromatic carbocycles. The zero-order valence-electron chi connectivity index (χ0n) is 14.1. The Labute approximate surface area is 147 Å². The molecule has 0 spiro atoms. The van der Waals surface area contributed by atoms with Crippen LogP contribution in [-0.4, -0.2) is 40.7 Å². The number of nitrogens with one attached hydrogen (secondary N) is 2. The van der Waals surface area contributed by atoms with E-state index >= 15 is 0 Å². The highest BCUT2D eigenvalue weighted by atomic mass is 19.1. The van der Waals surface area contributed by atoms with Crippen molar-refractivity contribution in [3.8, 4) is 0 Å². The highest BCUT2D eigenvalue weighted by Crippen LogP contribution is 2.39. The zero-order chi connectivity index (χ0) is 17.8. The van der Waals surface area contributed by atoms with E-state index < -0.39 is 16.8 Å². The van der Waals surface area contributed by atoms with Gasteiger partial charge in [0.15, 0.2) is 11.6 Å². The third kappa shape index (κ3) is 2.25. The van der Waals surface area contributed by atoms with Gasteiger partial charge >= 0.3 is 0 Å². The predicted octanol–water partition coefficient (Wildman–Crippen LogP) is 1.12. The molecule has 1 saturated carbocycles. The van der Waals surface area contributed by atoms with Crippen LogP contribution in [0.4, 0.5) is 10.2 Å². The summed E-state index contributed by atoms with van der Waals surface area (Å²) in [7, 11) is 0. The number of hydrogen-bond donors (Lipinski definition) is 2. The van der Waals surface area contributed by atoms with Crippen LogP contribution in [0.1, 0.15) is 18.9 Å². The summed E-state index contributed by atoms with van der Waals surface area (Å²) in [6, 6.07) is 3.16. The largest absolute Gasteiger partial charge is 0.352 e. The number of pyridine rings is 3. The van der Waals surface area contributed by atoms with E-state index in [1.165, 1.54) is 12.3 Å². The Bertz CT molecular complexity index is 1140. The van der Waals surface area contributed by atoms with E-state index in [0.717, 1.165) is 25.9 Å². The molecule has 1 saturated heterocycles. The number of nitrogens with zero attached hydrogens (tertiary/aromatic N) is 3. The molecular formula is C18H18FN5O2. The maximum absolute atomic E-state index is 14.8. The van der Waals surface area contributed by atoms with Crippen LogP contribution in [0.3, 0.4) is 0 Å². The first-order chi connectivity index (χ1) is 12.6. The second kappa shape index (κ2) is 5.63. The summed E-state index contributed by atoms with van der Waals surface area (Å²) in [5.74, 6) is -0.248. The smallest absolute Gasteiger partial charge is 0.261 e. The van der Waals surface area contributed by atoms with Gasteiger partial charge in [0.2, 0.25) is 5.43 Å². The first kappa shape index (κ1) is 15.5. The lowest BCUT2D eigenvalue weighted by Gasteiger charge is -2.29. The number of halogens is 1. The molecule has 3 aromatic rings. The minimum Gasteiger partial charge on any atom is -0.352 e. The first-order valence-corrected chi connectivity index (χ1v) is 8.87. The van der Waals surface area contributed by atoms with E-state index in [1.54, 1.807) is 6.07 Å². The second-order valence-electron chi connectivity index (χ2n) is 6.90. The number of rotatable bonds is 2. The van der Waals surface area contributed by atoms with E-state index in [4.69, 9.17) is 0 Å². The van der Waals surface area contributed by atoms with Crippen LogP contribution in [0.15, 0.2) is 27.9 Å². The summed E-state index contributed by atoms with van der Waals surface area (Å²) in [5, 5.41) is 3.47. The van der Waals surface area contributed by atoms with Gasteiger partial charge in [0.1, 0.15) is 11.0 Å². The quantitative estimate of drug-likeness (QED) is 0.673. The van der Waals surface area contributed by atoms with Crippen molar-refractivity contribution in [3.63, 3.8) is 0 Å². The second-order valence-corrected chi connectivity index (χ2v) is 6.90. The van der Waals surface area contributed by atoms with Crippen LogP contribution in [0, 0.1) is 5.82 Å². The number of fused-ring (bicyclic) bond motifs is 2. The van der Waals surface area contributed by atoms with Gasteiger partial charge in [-0.1, -0.05) is 0 Å². The Balaban J connectivity index is 1.88. The number of aromatic nitrogens is 3. The average molecular weight is 355 g/mol. The molecule has 0 radical (unpaired) electrons. The van der Waals surface area contributed by atoms with Crippen molar-refractivity contribution >= 4 is 27.8 Å².